The van der Waals surface area contributed by atoms with E-state index in [0.717, 1.165) is 11.8 Å². The maximum Gasteiger partial charge on any atom is 0.288 e. The Labute approximate surface area is 168 Å². The Morgan fingerprint density at radius 3 is 2.64 bits per heavy atom. The summed E-state index contributed by atoms with van der Waals surface area (Å²) in [4.78, 5) is 22.7. The van der Waals surface area contributed by atoms with Gasteiger partial charge in [0.1, 0.15) is 10.8 Å². The predicted octanol–water partition coefficient (Wildman–Crippen LogP) is 4.85. The fraction of sp³-hybridized carbons (Fsp3) is 0.111. The van der Waals surface area contributed by atoms with Crippen molar-refractivity contribution in [1.29, 1.82) is 0 Å². The maximum atomic E-state index is 13.2. The van der Waals surface area contributed by atoms with Gasteiger partial charge in [-0.25, -0.2) is 4.39 Å². The number of anilines is 1. The number of hydrogen-bond acceptors (Lipinski definition) is 4. The number of carbonyl (C=O) groups excluding carboxylic acids is 1. The second-order valence-electron chi connectivity index (χ2n) is 5.94. The summed E-state index contributed by atoms with van der Waals surface area (Å²) in [7, 11) is 0. The number of aryl methyl sites for hydroxylation is 1. The minimum absolute atomic E-state index is 0.0575. The largest absolute Gasteiger partial charge is 0.305 e. The third-order valence-corrected chi connectivity index (χ3v) is 4.63. The molecule has 0 fully saturated rings. The molecule has 0 saturated heterocycles. The van der Waals surface area contributed by atoms with Crippen LogP contribution in [0.3, 0.4) is 0 Å². The van der Waals surface area contributed by atoms with Crippen LogP contribution in [0.4, 0.5) is 15.9 Å². The average Bonchev–Trinajstić information content (AvgIpc) is 2.96. The van der Waals surface area contributed by atoms with Crippen LogP contribution in [0.15, 0.2) is 42.5 Å². The first-order chi connectivity index (χ1) is 13.2. The number of nitro groups is 1. The topological polar surface area (TPSA) is 90.1 Å². The van der Waals surface area contributed by atoms with Gasteiger partial charge in [-0.1, -0.05) is 29.3 Å². The second-order valence-corrected chi connectivity index (χ2v) is 6.76. The van der Waals surface area contributed by atoms with Crippen molar-refractivity contribution in [3.05, 3.63) is 85.3 Å². The summed E-state index contributed by atoms with van der Waals surface area (Å²) in [5.74, 6) is -0.737. The van der Waals surface area contributed by atoms with Crippen LogP contribution in [0.5, 0.6) is 0 Å². The van der Waals surface area contributed by atoms with Crippen LogP contribution in [0.2, 0.25) is 10.0 Å². The number of nitrogens with zero attached hydrogens (tertiary/aromatic N) is 3. The molecule has 144 valence electrons. The highest BCUT2D eigenvalue weighted by Crippen LogP contribution is 2.25. The molecule has 10 heteroatoms. The van der Waals surface area contributed by atoms with Crippen molar-refractivity contribution < 1.29 is 14.1 Å². The van der Waals surface area contributed by atoms with Gasteiger partial charge in [-0.3, -0.25) is 19.6 Å². The first-order valence-corrected chi connectivity index (χ1v) is 8.74. The summed E-state index contributed by atoms with van der Waals surface area (Å²) in [5.41, 5.74) is 1.12. The average molecular weight is 423 g/mol. The molecule has 0 unspecified atom stereocenters. The summed E-state index contributed by atoms with van der Waals surface area (Å²) >= 11 is 11.8. The molecule has 1 amide bonds. The molecule has 3 rings (SSSR count). The lowest BCUT2D eigenvalue weighted by Crippen LogP contribution is -2.13. The Morgan fingerprint density at radius 2 is 1.96 bits per heavy atom. The number of nitrogens with one attached hydrogen (secondary N) is 1. The van der Waals surface area contributed by atoms with E-state index in [1.807, 2.05) is 0 Å². The van der Waals surface area contributed by atoms with Crippen molar-refractivity contribution in [3.8, 4) is 0 Å². The van der Waals surface area contributed by atoms with Crippen molar-refractivity contribution in [2.45, 2.75) is 13.5 Å². The lowest BCUT2D eigenvalue weighted by molar-refractivity contribution is -0.384. The SMILES string of the molecule is Cc1cc(NC(=O)c2ccc(Cl)c([N+](=O)[O-])c2)nn1Cc1ccc(F)cc1Cl. The van der Waals surface area contributed by atoms with E-state index in [4.69, 9.17) is 23.2 Å². The lowest BCUT2D eigenvalue weighted by atomic mass is 10.2. The number of hydrogen-bond donors (Lipinski definition) is 1. The van der Waals surface area contributed by atoms with Crippen LogP contribution in [-0.4, -0.2) is 20.6 Å². The molecule has 0 spiro atoms. The Balaban J connectivity index is 1.79. The van der Waals surface area contributed by atoms with Gasteiger partial charge in [0.05, 0.1) is 11.5 Å². The first-order valence-electron chi connectivity index (χ1n) is 7.98. The molecule has 1 aromatic heterocycles. The Hall–Kier alpha value is -2.97. The highest BCUT2D eigenvalue weighted by molar-refractivity contribution is 6.32. The molecule has 0 saturated carbocycles. The monoisotopic (exact) mass is 422 g/mol. The number of benzene rings is 2. The Bertz CT molecular complexity index is 1080. The number of nitro benzene ring substituents is 1. The smallest absolute Gasteiger partial charge is 0.288 e. The van der Waals surface area contributed by atoms with Crippen LogP contribution < -0.4 is 5.32 Å². The van der Waals surface area contributed by atoms with E-state index in [-0.39, 0.29) is 33.7 Å². The summed E-state index contributed by atoms with van der Waals surface area (Å²) < 4.78 is 14.8. The summed E-state index contributed by atoms with van der Waals surface area (Å²) in [6, 6.07) is 9.48. The molecule has 1 N–H and O–H groups in total. The minimum Gasteiger partial charge on any atom is -0.305 e. The quantitative estimate of drug-likeness (QED) is 0.470. The van der Waals surface area contributed by atoms with Crippen LogP contribution in [-0.2, 0) is 6.54 Å². The van der Waals surface area contributed by atoms with E-state index in [1.54, 1.807) is 23.7 Å². The van der Waals surface area contributed by atoms with Crippen molar-refractivity contribution in [3.63, 3.8) is 0 Å². The van der Waals surface area contributed by atoms with Gasteiger partial charge < -0.3 is 5.32 Å². The van der Waals surface area contributed by atoms with Gasteiger partial charge >= 0.3 is 0 Å². The van der Waals surface area contributed by atoms with Gasteiger partial charge in [-0.2, -0.15) is 5.10 Å². The van der Waals surface area contributed by atoms with E-state index in [2.05, 4.69) is 10.4 Å². The van der Waals surface area contributed by atoms with E-state index in [0.29, 0.717) is 5.56 Å². The molecule has 0 atom stereocenters. The molecule has 0 aliphatic heterocycles. The molecule has 1 heterocycles. The molecule has 0 aliphatic rings. The molecular weight excluding hydrogens is 410 g/mol. The zero-order valence-corrected chi connectivity index (χ0v) is 16.0. The molecule has 2 aromatic carbocycles. The fourth-order valence-electron chi connectivity index (χ4n) is 2.52. The van der Waals surface area contributed by atoms with Gasteiger partial charge in [0.25, 0.3) is 11.6 Å². The zero-order valence-electron chi connectivity index (χ0n) is 14.4. The minimum atomic E-state index is -0.662. The van der Waals surface area contributed by atoms with Gasteiger partial charge in [0.2, 0.25) is 0 Å². The first kappa shape index (κ1) is 19.8. The van der Waals surface area contributed by atoms with Crippen molar-refractivity contribution in [1.82, 2.24) is 9.78 Å². The van der Waals surface area contributed by atoms with Gasteiger partial charge in [-0.05, 0) is 36.8 Å². The normalized spacial score (nSPS) is 10.7. The Morgan fingerprint density at radius 1 is 1.21 bits per heavy atom. The third-order valence-electron chi connectivity index (χ3n) is 3.96. The van der Waals surface area contributed by atoms with Gasteiger partial charge in [0, 0.05) is 28.4 Å². The van der Waals surface area contributed by atoms with Crippen LogP contribution in [0.1, 0.15) is 21.6 Å². The van der Waals surface area contributed by atoms with Gasteiger partial charge in [-0.15, -0.1) is 0 Å². The molecule has 3 aromatic rings. The molecule has 0 aliphatic carbocycles. The van der Waals surface area contributed by atoms with Crippen LogP contribution in [0, 0.1) is 22.9 Å². The van der Waals surface area contributed by atoms with E-state index < -0.39 is 16.6 Å². The summed E-state index contributed by atoms with van der Waals surface area (Å²) in [5, 5.41) is 18.0. The molecule has 7 nitrogen and oxygen atoms in total. The maximum absolute atomic E-state index is 13.2. The molecule has 28 heavy (non-hydrogen) atoms. The van der Waals surface area contributed by atoms with Crippen molar-refractivity contribution in [2.75, 3.05) is 5.32 Å². The number of rotatable bonds is 5. The second kappa shape index (κ2) is 7.95. The number of amides is 1. The molecule has 0 bridgehead atoms. The number of halogens is 3. The third kappa shape index (κ3) is 4.29. The molecule has 0 radical (unpaired) electrons. The molecular formula is C18H13Cl2FN4O3. The Kier molecular flexibility index (Phi) is 5.62. The summed E-state index contributed by atoms with van der Waals surface area (Å²) in [6.07, 6.45) is 0. The van der Waals surface area contributed by atoms with E-state index in [9.17, 15) is 19.3 Å². The standard InChI is InChI=1S/C18H13Cl2FN4O3/c1-10-6-17(23-24(10)9-12-2-4-13(21)8-15(12)20)22-18(26)11-3-5-14(19)16(7-11)25(27)28/h2-8H,9H2,1H3,(H,22,23,26). The lowest BCUT2D eigenvalue weighted by Gasteiger charge is -2.07. The predicted molar refractivity (Wildman–Crippen MR) is 104 cm³/mol. The van der Waals surface area contributed by atoms with Crippen molar-refractivity contribution in [2.24, 2.45) is 0 Å². The van der Waals surface area contributed by atoms with Crippen LogP contribution in [0.25, 0.3) is 0 Å². The van der Waals surface area contributed by atoms with Crippen molar-refractivity contribution >= 4 is 40.6 Å². The highest BCUT2D eigenvalue weighted by Gasteiger charge is 2.17. The summed E-state index contributed by atoms with van der Waals surface area (Å²) in [6.45, 7) is 2.07. The zero-order chi connectivity index (χ0) is 20.4. The van der Waals surface area contributed by atoms with Gasteiger partial charge in [0.15, 0.2) is 5.82 Å². The van der Waals surface area contributed by atoms with E-state index in [1.165, 1.54) is 24.3 Å². The van der Waals surface area contributed by atoms with Crippen LogP contribution >= 0.6 is 23.2 Å². The van der Waals surface area contributed by atoms with E-state index >= 15 is 0 Å². The number of aromatic nitrogens is 2. The number of carbonyl (C=O) groups is 1. The highest BCUT2D eigenvalue weighted by atomic mass is 35.5. The fourth-order valence-corrected chi connectivity index (χ4v) is 2.94.